The summed E-state index contributed by atoms with van der Waals surface area (Å²) in [5.41, 5.74) is -1.65. The molecule has 0 aromatic carbocycles. The number of nitrogens with one attached hydrogen (secondary N) is 1. The van der Waals surface area contributed by atoms with Crippen molar-refractivity contribution in [2.24, 2.45) is 5.92 Å². The number of hydrogen-bond acceptors (Lipinski definition) is 8. The van der Waals surface area contributed by atoms with Gasteiger partial charge < -0.3 is 25.3 Å². The standard InChI is InChI=1S/C21H26N2O6S/c1-23-15-6-3-2-5-13(15)19(28)18(20(23)29)16(27)9-14(17-7-4-8-30-17)22-21(10-24,11-25)12-26/h2-8,13-15,22,24-27H,9-12H2,1H3/b18-16+/t13-,14+,15-/m1/s1. The number of carbonyl (C=O) groups excluding carboxylic acids is 2. The molecule has 0 saturated carbocycles. The molecule has 1 saturated heterocycles. The van der Waals surface area contributed by atoms with E-state index in [0.29, 0.717) is 0 Å². The molecule has 1 aliphatic carbocycles. The third kappa shape index (κ3) is 4.12. The Labute approximate surface area is 178 Å². The molecule has 1 aromatic rings. The molecule has 0 radical (unpaired) electrons. The summed E-state index contributed by atoms with van der Waals surface area (Å²) in [6, 6.07) is 2.56. The monoisotopic (exact) mass is 434 g/mol. The van der Waals surface area contributed by atoms with E-state index in [0.717, 1.165) is 4.88 Å². The average molecular weight is 435 g/mol. The number of fused-ring (bicyclic) bond motifs is 1. The highest BCUT2D eigenvalue weighted by atomic mass is 32.1. The van der Waals surface area contributed by atoms with Gasteiger partial charge in [-0.25, -0.2) is 0 Å². The van der Waals surface area contributed by atoms with Crippen molar-refractivity contribution >= 4 is 23.0 Å². The lowest BCUT2D eigenvalue weighted by Gasteiger charge is -2.38. The summed E-state index contributed by atoms with van der Waals surface area (Å²) in [7, 11) is 1.59. The summed E-state index contributed by atoms with van der Waals surface area (Å²) in [4.78, 5) is 28.0. The maximum Gasteiger partial charge on any atom is 0.261 e. The molecule has 0 unspecified atom stereocenters. The van der Waals surface area contributed by atoms with Crippen molar-refractivity contribution in [3.05, 3.63) is 58.0 Å². The number of nitrogens with zero attached hydrogens (tertiary/aromatic N) is 1. The lowest BCUT2D eigenvalue weighted by Crippen LogP contribution is -2.56. The van der Waals surface area contributed by atoms with Crippen molar-refractivity contribution in [1.29, 1.82) is 0 Å². The van der Waals surface area contributed by atoms with Crippen LogP contribution in [0, 0.1) is 5.92 Å². The first kappa shape index (κ1) is 22.4. The lowest BCUT2D eigenvalue weighted by atomic mass is 9.81. The zero-order valence-electron chi connectivity index (χ0n) is 16.6. The third-order valence-corrected chi connectivity index (χ3v) is 6.58. The van der Waals surface area contributed by atoms with E-state index in [1.165, 1.54) is 16.2 Å². The van der Waals surface area contributed by atoms with Gasteiger partial charge in [0.25, 0.3) is 5.91 Å². The van der Waals surface area contributed by atoms with Crippen LogP contribution >= 0.6 is 11.3 Å². The number of likely N-dealkylation sites (tertiary alicyclic amines) is 1. The first-order valence-corrected chi connectivity index (χ1v) is 10.5. The summed E-state index contributed by atoms with van der Waals surface area (Å²) in [5.74, 6) is -1.92. The predicted octanol–water partition coefficient (Wildman–Crippen LogP) is 0.449. The molecule has 2 heterocycles. The molecule has 9 heteroatoms. The SMILES string of the molecule is CN1C(=O)/C(=C(/O)C[C@H](NC(CO)(CO)CO)c2cccs2)C(=O)[C@@H]2C=CC=C[C@H]21. The van der Waals surface area contributed by atoms with Gasteiger partial charge >= 0.3 is 0 Å². The molecule has 1 aliphatic heterocycles. The number of Topliss-reactive ketones (excluding diaryl/α,β-unsaturated/α-hetero) is 1. The van der Waals surface area contributed by atoms with Gasteiger partial charge in [-0.05, 0) is 11.4 Å². The topological polar surface area (TPSA) is 130 Å². The van der Waals surface area contributed by atoms with Crippen LogP contribution in [0.2, 0.25) is 0 Å². The number of amides is 1. The summed E-state index contributed by atoms with van der Waals surface area (Å²) >= 11 is 1.37. The van der Waals surface area contributed by atoms with E-state index < -0.39 is 49.0 Å². The van der Waals surface area contributed by atoms with Crippen LogP contribution < -0.4 is 5.32 Å². The van der Waals surface area contributed by atoms with Crippen LogP contribution in [0.5, 0.6) is 0 Å². The minimum atomic E-state index is -1.39. The molecule has 1 aromatic heterocycles. The number of aliphatic hydroxyl groups is 4. The summed E-state index contributed by atoms with van der Waals surface area (Å²) in [6.45, 7) is -1.62. The zero-order valence-corrected chi connectivity index (χ0v) is 17.4. The number of carbonyl (C=O) groups is 2. The van der Waals surface area contributed by atoms with Gasteiger partial charge in [-0.15, -0.1) is 11.3 Å². The number of aliphatic hydroxyl groups excluding tert-OH is 4. The molecule has 1 amide bonds. The quantitative estimate of drug-likeness (QED) is 0.228. The van der Waals surface area contributed by atoms with E-state index >= 15 is 0 Å². The number of thiophene rings is 1. The Hall–Kier alpha value is -2.30. The van der Waals surface area contributed by atoms with Crippen molar-refractivity contribution in [2.75, 3.05) is 26.9 Å². The van der Waals surface area contributed by atoms with Crippen molar-refractivity contribution in [3.63, 3.8) is 0 Å². The molecule has 3 rings (SSSR count). The van der Waals surface area contributed by atoms with E-state index in [1.807, 2.05) is 5.38 Å². The fraction of sp³-hybridized carbons (Fsp3) is 0.429. The van der Waals surface area contributed by atoms with Crippen molar-refractivity contribution < 1.29 is 30.0 Å². The maximum absolute atomic E-state index is 13.0. The molecule has 3 atom stereocenters. The van der Waals surface area contributed by atoms with Crippen molar-refractivity contribution in [1.82, 2.24) is 10.2 Å². The second-order valence-electron chi connectivity index (χ2n) is 7.56. The van der Waals surface area contributed by atoms with Gasteiger partial charge in [0.15, 0.2) is 5.78 Å². The van der Waals surface area contributed by atoms with Gasteiger partial charge in [-0.2, -0.15) is 0 Å². The molecule has 8 nitrogen and oxygen atoms in total. The second kappa shape index (κ2) is 9.23. The summed E-state index contributed by atoms with van der Waals surface area (Å²) in [6.07, 6.45) is 6.89. The maximum atomic E-state index is 13.0. The van der Waals surface area contributed by atoms with Crippen LogP contribution in [0.4, 0.5) is 0 Å². The highest BCUT2D eigenvalue weighted by molar-refractivity contribution is 7.10. The second-order valence-corrected chi connectivity index (χ2v) is 8.54. The molecular weight excluding hydrogens is 408 g/mol. The van der Waals surface area contributed by atoms with Crippen LogP contribution in [0.3, 0.4) is 0 Å². The number of piperidine rings is 1. The predicted molar refractivity (Wildman–Crippen MR) is 112 cm³/mol. The first-order valence-electron chi connectivity index (χ1n) is 9.59. The average Bonchev–Trinajstić information content (AvgIpc) is 3.30. The van der Waals surface area contributed by atoms with E-state index in [-0.39, 0.29) is 23.8 Å². The van der Waals surface area contributed by atoms with Crippen LogP contribution in [0.25, 0.3) is 0 Å². The van der Waals surface area contributed by atoms with Crippen molar-refractivity contribution in [3.8, 4) is 0 Å². The molecule has 30 heavy (non-hydrogen) atoms. The lowest BCUT2D eigenvalue weighted by molar-refractivity contribution is -0.136. The Bertz CT molecular complexity index is 864. The number of ketones is 1. The van der Waals surface area contributed by atoms with Gasteiger partial charge in [0.1, 0.15) is 11.3 Å². The Balaban J connectivity index is 1.94. The zero-order chi connectivity index (χ0) is 21.9. The van der Waals surface area contributed by atoms with E-state index in [2.05, 4.69) is 5.32 Å². The molecule has 162 valence electrons. The highest BCUT2D eigenvalue weighted by Crippen LogP contribution is 2.33. The van der Waals surface area contributed by atoms with Gasteiger partial charge in [0.05, 0.1) is 37.3 Å². The normalized spacial score (nSPS) is 24.2. The van der Waals surface area contributed by atoms with E-state index in [9.17, 15) is 30.0 Å². The smallest absolute Gasteiger partial charge is 0.261 e. The number of hydrogen-bond donors (Lipinski definition) is 5. The van der Waals surface area contributed by atoms with Gasteiger partial charge in [-0.1, -0.05) is 30.4 Å². The van der Waals surface area contributed by atoms with Crippen LogP contribution in [0.15, 0.2) is 53.1 Å². The minimum Gasteiger partial charge on any atom is -0.511 e. The molecule has 5 N–H and O–H groups in total. The van der Waals surface area contributed by atoms with Crippen LogP contribution in [-0.2, 0) is 9.59 Å². The fourth-order valence-electron chi connectivity index (χ4n) is 3.72. The minimum absolute atomic E-state index is 0.125. The Morgan fingerprint density at radius 3 is 2.47 bits per heavy atom. The molecule has 0 spiro atoms. The summed E-state index contributed by atoms with van der Waals surface area (Å²) in [5, 5.41) is 44.7. The van der Waals surface area contributed by atoms with Crippen molar-refractivity contribution in [2.45, 2.75) is 24.0 Å². The Morgan fingerprint density at radius 1 is 1.20 bits per heavy atom. The number of allylic oxidation sites excluding steroid dienone is 2. The van der Waals surface area contributed by atoms with Gasteiger partial charge in [0.2, 0.25) is 0 Å². The summed E-state index contributed by atoms with van der Waals surface area (Å²) < 4.78 is 0. The largest absolute Gasteiger partial charge is 0.511 e. The Morgan fingerprint density at radius 2 is 1.87 bits per heavy atom. The first-order chi connectivity index (χ1) is 14.4. The van der Waals surface area contributed by atoms with Gasteiger partial charge in [0, 0.05) is 24.4 Å². The fourth-order valence-corrected chi connectivity index (χ4v) is 4.50. The molecule has 0 bridgehead atoms. The molecule has 1 fully saturated rings. The molecule has 2 aliphatic rings. The molecular formula is C21H26N2O6S. The third-order valence-electron chi connectivity index (χ3n) is 5.60. The number of likely N-dealkylation sites (N-methyl/N-ethyl adjacent to an activating group) is 1. The van der Waals surface area contributed by atoms with Crippen LogP contribution in [-0.4, -0.2) is 75.5 Å². The van der Waals surface area contributed by atoms with Crippen LogP contribution in [0.1, 0.15) is 17.3 Å². The van der Waals surface area contributed by atoms with E-state index in [4.69, 9.17) is 0 Å². The highest BCUT2D eigenvalue weighted by Gasteiger charge is 2.43. The Kier molecular flexibility index (Phi) is 6.89. The van der Waals surface area contributed by atoms with Gasteiger partial charge in [-0.3, -0.25) is 14.9 Å². The van der Waals surface area contributed by atoms with E-state index in [1.54, 1.807) is 43.5 Å². The number of rotatable bonds is 8.